The number of nitrogens with zero attached hydrogens (tertiary/aromatic N) is 6. The van der Waals surface area contributed by atoms with Crippen molar-refractivity contribution >= 4 is 34.5 Å². The number of imidazole rings is 2. The molecule has 0 aliphatic heterocycles. The second-order valence-electron chi connectivity index (χ2n) is 7.59. The Labute approximate surface area is 193 Å². The molecule has 0 fully saturated rings. The Morgan fingerprint density at radius 2 is 1.97 bits per heavy atom. The molecule has 0 saturated heterocycles. The van der Waals surface area contributed by atoms with Crippen LogP contribution in [0.25, 0.3) is 11.2 Å². The van der Waals surface area contributed by atoms with Crippen molar-refractivity contribution in [2.75, 3.05) is 7.11 Å². The van der Waals surface area contributed by atoms with E-state index in [1.54, 1.807) is 52.2 Å². The molecule has 0 saturated carbocycles. The van der Waals surface area contributed by atoms with Crippen molar-refractivity contribution in [1.82, 2.24) is 28.5 Å². The number of hydrogen-bond donors (Lipinski definition) is 0. The van der Waals surface area contributed by atoms with E-state index in [9.17, 15) is 9.59 Å². The third-order valence-corrected chi connectivity index (χ3v) is 5.61. The first-order valence-corrected chi connectivity index (χ1v) is 10.6. The zero-order chi connectivity index (χ0) is 22.9. The molecular weight excluding hydrogens is 444 g/mol. The molecule has 10 heteroatoms. The van der Waals surface area contributed by atoms with E-state index in [1.807, 2.05) is 22.9 Å². The summed E-state index contributed by atoms with van der Waals surface area (Å²) in [5, 5.41) is 4.93. The largest absolute Gasteiger partial charge is 0.465 e. The number of rotatable bonds is 7. The van der Waals surface area contributed by atoms with Crippen LogP contribution in [0.5, 0.6) is 0 Å². The van der Waals surface area contributed by atoms with Crippen LogP contribution in [0.3, 0.4) is 0 Å². The number of esters is 1. The molecule has 0 spiro atoms. The number of aryl methyl sites for hydroxylation is 1. The lowest BCUT2D eigenvalue weighted by Gasteiger charge is -1.99. The van der Waals surface area contributed by atoms with Gasteiger partial charge in [-0.15, -0.1) is 0 Å². The zero-order valence-corrected chi connectivity index (χ0v) is 18.4. The van der Waals surface area contributed by atoms with E-state index < -0.39 is 5.97 Å². The molecule has 5 rings (SSSR count). The molecule has 0 radical (unpaired) electrons. The third kappa shape index (κ3) is 4.22. The molecule has 0 aromatic carbocycles. The fraction of sp³-hybridized carbons (Fsp3) is 0.174. The summed E-state index contributed by atoms with van der Waals surface area (Å²) >= 11 is 6.08. The Bertz CT molecular complexity index is 1500. The highest BCUT2D eigenvalue weighted by atomic mass is 35.5. The first-order valence-electron chi connectivity index (χ1n) is 10.2. The monoisotopic (exact) mass is 462 g/mol. The van der Waals surface area contributed by atoms with Gasteiger partial charge < -0.3 is 13.5 Å². The average molecular weight is 463 g/mol. The van der Waals surface area contributed by atoms with Crippen molar-refractivity contribution in [3.05, 3.63) is 89.1 Å². The summed E-state index contributed by atoms with van der Waals surface area (Å²) in [6, 6.07) is 7.05. The van der Waals surface area contributed by atoms with Crippen molar-refractivity contribution in [2.45, 2.75) is 19.4 Å². The second kappa shape index (κ2) is 8.51. The quantitative estimate of drug-likeness (QED) is 0.271. The van der Waals surface area contributed by atoms with Crippen LogP contribution in [-0.4, -0.2) is 47.4 Å². The number of methoxy groups -OCH3 is 1. The molecule has 0 bridgehead atoms. The highest BCUT2D eigenvalue weighted by Gasteiger charge is 2.13. The van der Waals surface area contributed by atoms with Crippen LogP contribution in [-0.2, 0) is 17.7 Å². The summed E-state index contributed by atoms with van der Waals surface area (Å²) in [6.07, 6.45) is 11.2. The van der Waals surface area contributed by atoms with Gasteiger partial charge in [-0.1, -0.05) is 11.6 Å². The fourth-order valence-electron chi connectivity index (χ4n) is 3.70. The van der Waals surface area contributed by atoms with Gasteiger partial charge >= 0.3 is 5.97 Å². The van der Waals surface area contributed by atoms with Gasteiger partial charge in [-0.3, -0.25) is 9.48 Å². The van der Waals surface area contributed by atoms with Gasteiger partial charge in [0.1, 0.15) is 5.65 Å². The Morgan fingerprint density at radius 3 is 2.82 bits per heavy atom. The number of ketones is 1. The summed E-state index contributed by atoms with van der Waals surface area (Å²) in [4.78, 5) is 33.4. The molecule has 0 N–H and O–H groups in total. The summed E-state index contributed by atoms with van der Waals surface area (Å²) in [5.74, 6) is -0.420. The van der Waals surface area contributed by atoms with E-state index in [0.717, 1.165) is 16.9 Å². The molecular formula is C23H19ClN6O3. The van der Waals surface area contributed by atoms with Gasteiger partial charge in [0.25, 0.3) is 0 Å². The first-order chi connectivity index (χ1) is 16.0. The summed E-state index contributed by atoms with van der Waals surface area (Å²) in [7, 11) is 1.34. The summed E-state index contributed by atoms with van der Waals surface area (Å²) in [5.41, 5.74) is 4.15. The van der Waals surface area contributed by atoms with Crippen LogP contribution in [0.2, 0.25) is 5.02 Å². The standard InChI is InChI=1S/C23H19ClN6O3/c1-33-23(32)15-2-5-22-27-18(12-29(22)10-15)13-30-11-16(9-26-30)21(31)4-3-19-20-8-17(24)6-7-28(20)14-25-19/h2,5-12,14H,3-4,13H2,1H3. The van der Waals surface area contributed by atoms with Gasteiger partial charge in [-0.25, -0.2) is 14.8 Å². The van der Waals surface area contributed by atoms with Gasteiger partial charge in [0.05, 0.1) is 54.2 Å². The molecule has 0 atom stereocenters. The zero-order valence-electron chi connectivity index (χ0n) is 17.7. The summed E-state index contributed by atoms with van der Waals surface area (Å²) < 4.78 is 10.1. The Kier molecular flexibility index (Phi) is 5.39. The molecule has 166 valence electrons. The molecule has 9 nitrogen and oxygen atoms in total. The van der Waals surface area contributed by atoms with Crippen molar-refractivity contribution in [1.29, 1.82) is 0 Å². The molecule has 33 heavy (non-hydrogen) atoms. The van der Waals surface area contributed by atoms with Gasteiger partial charge in [0.2, 0.25) is 0 Å². The molecule has 0 aliphatic carbocycles. The highest BCUT2D eigenvalue weighted by Crippen LogP contribution is 2.18. The topological polar surface area (TPSA) is 95.8 Å². The summed E-state index contributed by atoms with van der Waals surface area (Å²) in [6.45, 7) is 0.396. The van der Waals surface area contributed by atoms with Crippen LogP contribution in [0.1, 0.15) is 38.5 Å². The third-order valence-electron chi connectivity index (χ3n) is 5.37. The van der Waals surface area contributed by atoms with Gasteiger partial charge in [-0.2, -0.15) is 5.10 Å². The minimum absolute atomic E-state index is 0.0119. The normalized spacial score (nSPS) is 11.3. The molecule has 5 aromatic rings. The maximum Gasteiger partial charge on any atom is 0.339 e. The van der Waals surface area contributed by atoms with E-state index in [-0.39, 0.29) is 5.78 Å². The van der Waals surface area contributed by atoms with Crippen molar-refractivity contribution in [2.24, 2.45) is 0 Å². The second-order valence-corrected chi connectivity index (χ2v) is 8.02. The van der Waals surface area contributed by atoms with Crippen LogP contribution in [0.15, 0.2) is 61.6 Å². The molecule has 5 aromatic heterocycles. The van der Waals surface area contributed by atoms with E-state index in [4.69, 9.17) is 16.3 Å². The van der Waals surface area contributed by atoms with Crippen molar-refractivity contribution in [3.8, 4) is 0 Å². The molecule has 0 unspecified atom stereocenters. The molecule has 0 aliphatic rings. The lowest BCUT2D eigenvalue weighted by Crippen LogP contribution is -2.02. The van der Waals surface area contributed by atoms with Crippen molar-refractivity contribution < 1.29 is 14.3 Å². The maximum absolute atomic E-state index is 12.7. The number of halogens is 1. The van der Waals surface area contributed by atoms with Crippen molar-refractivity contribution in [3.63, 3.8) is 0 Å². The SMILES string of the molecule is COC(=O)c1ccc2nc(Cn3cc(C(=O)CCc4ncn5ccc(Cl)cc45)cn3)cn2c1. The fourth-order valence-corrected chi connectivity index (χ4v) is 3.86. The van der Waals surface area contributed by atoms with Gasteiger partial charge in [0.15, 0.2) is 5.78 Å². The Morgan fingerprint density at radius 1 is 1.09 bits per heavy atom. The van der Waals surface area contributed by atoms with E-state index in [0.29, 0.717) is 41.2 Å². The minimum atomic E-state index is -0.408. The number of carbonyl (C=O) groups is 2. The van der Waals surface area contributed by atoms with Crippen LogP contribution in [0, 0.1) is 0 Å². The number of carbonyl (C=O) groups excluding carboxylic acids is 2. The van der Waals surface area contributed by atoms with E-state index in [2.05, 4.69) is 15.1 Å². The van der Waals surface area contributed by atoms with Crippen LogP contribution in [0.4, 0.5) is 0 Å². The average Bonchev–Trinajstić information content (AvgIpc) is 3.54. The lowest BCUT2D eigenvalue weighted by molar-refractivity contribution is 0.0600. The predicted octanol–water partition coefficient (Wildman–Crippen LogP) is 3.48. The number of Topliss-reactive ketones (excluding diaryl/α,β-unsaturated/α-hetero) is 1. The Hall–Kier alpha value is -3.98. The van der Waals surface area contributed by atoms with Gasteiger partial charge in [-0.05, 0) is 30.7 Å². The molecule has 0 amide bonds. The number of fused-ring (bicyclic) bond motifs is 2. The smallest absolute Gasteiger partial charge is 0.339 e. The number of ether oxygens (including phenoxy) is 1. The Balaban J connectivity index is 1.26. The van der Waals surface area contributed by atoms with E-state index in [1.165, 1.54) is 7.11 Å². The van der Waals surface area contributed by atoms with Gasteiger partial charge in [0, 0.05) is 36.2 Å². The predicted molar refractivity (Wildman–Crippen MR) is 121 cm³/mol. The minimum Gasteiger partial charge on any atom is -0.465 e. The highest BCUT2D eigenvalue weighted by molar-refractivity contribution is 6.30. The lowest BCUT2D eigenvalue weighted by atomic mass is 10.1. The van der Waals surface area contributed by atoms with E-state index >= 15 is 0 Å². The molecule has 5 heterocycles. The number of aromatic nitrogens is 6. The number of hydrogen-bond acceptors (Lipinski definition) is 6. The number of pyridine rings is 2. The van der Waals surface area contributed by atoms with Crippen LogP contribution < -0.4 is 0 Å². The first kappa shape index (κ1) is 20.9. The van der Waals surface area contributed by atoms with Crippen LogP contribution >= 0.6 is 11.6 Å². The maximum atomic E-state index is 12.7.